The number of aldehydes is 1. The van der Waals surface area contributed by atoms with Crippen molar-refractivity contribution in [2.75, 3.05) is 0 Å². The maximum Gasteiger partial charge on any atom is 0.252 e. The van der Waals surface area contributed by atoms with Gasteiger partial charge < -0.3 is 14.6 Å². The van der Waals surface area contributed by atoms with E-state index in [4.69, 9.17) is 4.52 Å². The summed E-state index contributed by atoms with van der Waals surface area (Å²) in [6.07, 6.45) is 2.23. The first-order valence-corrected chi connectivity index (χ1v) is 6.31. The first-order valence-electron chi connectivity index (χ1n) is 6.31. The lowest BCUT2D eigenvalue weighted by molar-refractivity contribution is -0.110. The molecular formula is C14H13N3O3. The van der Waals surface area contributed by atoms with Crippen LogP contribution in [0.5, 0.6) is 0 Å². The van der Waals surface area contributed by atoms with Crippen molar-refractivity contribution in [3.8, 4) is 11.4 Å². The normalized spacial score (nSPS) is 15.7. The maximum atomic E-state index is 12.0. The van der Waals surface area contributed by atoms with E-state index >= 15 is 0 Å². The largest absolute Gasteiger partial charge is 0.340 e. The second-order valence-corrected chi connectivity index (χ2v) is 4.94. The van der Waals surface area contributed by atoms with Crippen LogP contribution in [0.4, 0.5) is 0 Å². The second kappa shape index (κ2) is 4.56. The third kappa shape index (κ3) is 2.32. The van der Waals surface area contributed by atoms with Crippen molar-refractivity contribution in [2.45, 2.75) is 25.3 Å². The summed E-state index contributed by atoms with van der Waals surface area (Å²) in [5.74, 6) is 0.731. The molecule has 1 amide bonds. The number of hydrogen-bond donors (Lipinski definition) is 1. The van der Waals surface area contributed by atoms with Crippen molar-refractivity contribution >= 4 is 12.2 Å². The number of nitrogens with one attached hydrogen (secondary N) is 1. The molecule has 102 valence electrons. The van der Waals surface area contributed by atoms with Crippen LogP contribution in [0.25, 0.3) is 11.4 Å². The second-order valence-electron chi connectivity index (χ2n) is 4.94. The Kier molecular flexibility index (Phi) is 2.85. The number of benzene rings is 1. The number of rotatable bonds is 4. The molecule has 0 unspecified atom stereocenters. The molecule has 1 aliphatic carbocycles. The van der Waals surface area contributed by atoms with Gasteiger partial charge in [0.2, 0.25) is 11.7 Å². The Morgan fingerprint density at radius 2 is 2.05 bits per heavy atom. The summed E-state index contributed by atoms with van der Waals surface area (Å²) in [5.41, 5.74) is 0.637. The lowest BCUT2D eigenvalue weighted by Gasteiger charge is -2.10. The first kappa shape index (κ1) is 12.5. The van der Waals surface area contributed by atoms with Crippen LogP contribution in [-0.2, 0) is 4.79 Å². The van der Waals surface area contributed by atoms with Gasteiger partial charge >= 0.3 is 0 Å². The van der Waals surface area contributed by atoms with Gasteiger partial charge in [-0.3, -0.25) is 4.79 Å². The van der Waals surface area contributed by atoms with Crippen LogP contribution in [-0.4, -0.2) is 27.9 Å². The predicted octanol–water partition coefficient (Wildman–Crippen LogP) is 1.51. The van der Waals surface area contributed by atoms with Gasteiger partial charge in [0.15, 0.2) is 0 Å². The van der Waals surface area contributed by atoms with Crippen molar-refractivity contribution in [1.82, 2.24) is 15.5 Å². The molecule has 1 aromatic heterocycles. The molecular weight excluding hydrogens is 258 g/mol. The third-order valence-corrected chi connectivity index (χ3v) is 3.31. The molecule has 1 aliphatic rings. The molecule has 1 aromatic carbocycles. The Bertz CT molecular complexity index is 657. The highest BCUT2D eigenvalue weighted by molar-refractivity contribution is 5.97. The highest BCUT2D eigenvalue weighted by Gasteiger charge is 2.44. The fraction of sp³-hybridized carbons (Fsp3) is 0.286. The zero-order chi connectivity index (χ0) is 14.2. The summed E-state index contributed by atoms with van der Waals surface area (Å²) >= 11 is 0. The number of aryl methyl sites for hydroxylation is 1. The summed E-state index contributed by atoms with van der Waals surface area (Å²) in [6.45, 7) is 1.72. The number of aromatic nitrogens is 2. The van der Waals surface area contributed by atoms with Crippen molar-refractivity contribution < 1.29 is 14.1 Å². The monoisotopic (exact) mass is 271 g/mol. The van der Waals surface area contributed by atoms with Crippen LogP contribution < -0.4 is 5.32 Å². The van der Waals surface area contributed by atoms with Gasteiger partial charge in [-0.25, -0.2) is 0 Å². The molecule has 3 rings (SSSR count). The SMILES string of the molecule is Cc1nc(-c2ccc(C(=O)NC3(C=O)CC3)cc2)no1. The molecule has 6 nitrogen and oxygen atoms in total. The molecule has 1 heterocycles. The smallest absolute Gasteiger partial charge is 0.252 e. The fourth-order valence-electron chi connectivity index (χ4n) is 1.89. The van der Waals surface area contributed by atoms with Crippen LogP contribution in [0.15, 0.2) is 28.8 Å². The summed E-state index contributed by atoms with van der Waals surface area (Å²) in [4.78, 5) is 27.0. The van der Waals surface area contributed by atoms with E-state index < -0.39 is 5.54 Å². The maximum absolute atomic E-state index is 12.0. The molecule has 20 heavy (non-hydrogen) atoms. The number of carbonyl (C=O) groups excluding carboxylic acids is 2. The predicted molar refractivity (Wildman–Crippen MR) is 70.0 cm³/mol. The minimum Gasteiger partial charge on any atom is -0.340 e. The van der Waals surface area contributed by atoms with Gasteiger partial charge in [0.05, 0.1) is 5.54 Å². The first-order chi connectivity index (χ1) is 9.62. The zero-order valence-corrected chi connectivity index (χ0v) is 10.9. The molecule has 0 atom stereocenters. The van der Waals surface area contributed by atoms with E-state index in [1.807, 2.05) is 0 Å². The van der Waals surface area contributed by atoms with Crippen LogP contribution in [0.1, 0.15) is 29.1 Å². The van der Waals surface area contributed by atoms with E-state index in [0.717, 1.165) is 11.8 Å². The summed E-state index contributed by atoms with van der Waals surface area (Å²) < 4.78 is 4.91. The molecule has 1 fully saturated rings. The Morgan fingerprint density at radius 3 is 2.55 bits per heavy atom. The standard InChI is InChI=1S/C14H13N3O3/c1-9-15-12(17-20-9)10-2-4-11(5-3-10)13(19)16-14(8-18)6-7-14/h2-5,8H,6-7H2,1H3,(H,16,19). The molecule has 1 saturated carbocycles. The average Bonchev–Trinajstić information content (AvgIpc) is 3.11. The van der Waals surface area contributed by atoms with Crippen molar-refractivity contribution in [2.24, 2.45) is 0 Å². The van der Waals surface area contributed by atoms with Crippen molar-refractivity contribution in [3.05, 3.63) is 35.7 Å². The quantitative estimate of drug-likeness (QED) is 0.852. The van der Waals surface area contributed by atoms with Gasteiger partial charge in [0.25, 0.3) is 5.91 Å². The van der Waals surface area contributed by atoms with Gasteiger partial charge in [-0.05, 0) is 25.0 Å². The number of carbonyl (C=O) groups is 2. The van der Waals surface area contributed by atoms with Crippen LogP contribution in [0.3, 0.4) is 0 Å². The van der Waals surface area contributed by atoms with Crippen LogP contribution in [0, 0.1) is 6.92 Å². The minimum absolute atomic E-state index is 0.245. The molecule has 0 spiro atoms. The van der Waals surface area contributed by atoms with E-state index in [0.29, 0.717) is 30.1 Å². The fourth-order valence-corrected chi connectivity index (χ4v) is 1.89. The Balaban J connectivity index is 1.76. The van der Waals surface area contributed by atoms with Gasteiger partial charge in [-0.15, -0.1) is 0 Å². The highest BCUT2D eigenvalue weighted by atomic mass is 16.5. The molecule has 0 saturated heterocycles. The van der Waals surface area contributed by atoms with Crippen molar-refractivity contribution in [3.63, 3.8) is 0 Å². The van der Waals surface area contributed by atoms with E-state index in [1.165, 1.54) is 0 Å². The lowest BCUT2D eigenvalue weighted by atomic mass is 10.1. The average molecular weight is 271 g/mol. The van der Waals surface area contributed by atoms with E-state index in [2.05, 4.69) is 15.5 Å². The van der Waals surface area contributed by atoms with Gasteiger partial charge in [0, 0.05) is 18.1 Å². The zero-order valence-electron chi connectivity index (χ0n) is 10.9. The van der Waals surface area contributed by atoms with E-state index in [9.17, 15) is 9.59 Å². The molecule has 0 bridgehead atoms. The van der Waals surface area contributed by atoms with Gasteiger partial charge in [-0.2, -0.15) is 4.98 Å². The minimum atomic E-state index is -0.638. The highest BCUT2D eigenvalue weighted by Crippen LogP contribution is 2.33. The number of hydrogen-bond acceptors (Lipinski definition) is 5. The third-order valence-electron chi connectivity index (χ3n) is 3.31. The van der Waals surface area contributed by atoms with E-state index in [1.54, 1.807) is 31.2 Å². The van der Waals surface area contributed by atoms with Crippen LogP contribution >= 0.6 is 0 Å². The molecule has 6 heteroatoms. The summed E-state index contributed by atoms with van der Waals surface area (Å²) in [5, 5.41) is 6.55. The topological polar surface area (TPSA) is 85.1 Å². The summed E-state index contributed by atoms with van der Waals surface area (Å²) in [6, 6.07) is 6.86. The van der Waals surface area contributed by atoms with Crippen LogP contribution in [0.2, 0.25) is 0 Å². The Morgan fingerprint density at radius 1 is 1.35 bits per heavy atom. The molecule has 1 N–H and O–H groups in total. The molecule has 0 aliphatic heterocycles. The van der Waals surface area contributed by atoms with Crippen molar-refractivity contribution in [1.29, 1.82) is 0 Å². The molecule has 0 radical (unpaired) electrons. The van der Waals surface area contributed by atoms with Gasteiger partial charge in [-0.1, -0.05) is 17.3 Å². The van der Waals surface area contributed by atoms with E-state index in [-0.39, 0.29) is 5.91 Å². The lowest BCUT2D eigenvalue weighted by Crippen LogP contribution is -2.37. The number of nitrogens with zero attached hydrogens (tertiary/aromatic N) is 2. The Labute approximate surface area is 115 Å². The molecule has 2 aromatic rings. The summed E-state index contributed by atoms with van der Waals surface area (Å²) in [7, 11) is 0. The van der Waals surface area contributed by atoms with Gasteiger partial charge in [0.1, 0.15) is 6.29 Å². The number of amides is 1. The Hall–Kier alpha value is -2.50.